The second-order valence-electron chi connectivity index (χ2n) is 3.51. The van der Waals surface area contributed by atoms with E-state index in [9.17, 15) is 0 Å². The smallest absolute Gasteiger partial charge is 0.0651 e. The highest BCUT2D eigenvalue weighted by atomic mass is 35.5. The van der Waals surface area contributed by atoms with E-state index < -0.39 is 5.54 Å². The lowest BCUT2D eigenvalue weighted by molar-refractivity contribution is 0.209. The van der Waals surface area contributed by atoms with Crippen LogP contribution in [-0.4, -0.2) is 11.7 Å². The number of aliphatic hydroxyl groups is 1. The van der Waals surface area contributed by atoms with Crippen LogP contribution in [0.15, 0.2) is 18.2 Å². The molecule has 0 spiro atoms. The summed E-state index contributed by atoms with van der Waals surface area (Å²) in [5.41, 5.74) is 6.97. The van der Waals surface area contributed by atoms with Gasteiger partial charge in [-0.05, 0) is 31.0 Å². The summed E-state index contributed by atoms with van der Waals surface area (Å²) in [5.74, 6) is 0. The summed E-state index contributed by atoms with van der Waals surface area (Å²) >= 11 is 6.00. The van der Waals surface area contributed by atoms with E-state index in [0.717, 1.165) is 11.1 Å². The number of benzene rings is 1. The summed E-state index contributed by atoms with van der Waals surface area (Å²) < 4.78 is 0. The molecular formula is C10H14ClNO. The zero-order valence-corrected chi connectivity index (χ0v) is 8.60. The Hall–Kier alpha value is -0.570. The van der Waals surface area contributed by atoms with Crippen molar-refractivity contribution in [2.75, 3.05) is 6.61 Å². The van der Waals surface area contributed by atoms with E-state index >= 15 is 0 Å². The zero-order chi connectivity index (χ0) is 10.1. The van der Waals surface area contributed by atoms with Crippen LogP contribution in [0.4, 0.5) is 0 Å². The molecule has 1 atom stereocenters. The van der Waals surface area contributed by atoms with Gasteiger partial charge in [0.25, 0.3) is 0 Å². The summed E-state index contributed by atoms with van der Waals surface area (Å²) in [6, 6.07) is 5.58. The fourth-order valence-corrected chi connectivity index (χ4v) is 1.87. The van der Waals surface area contributed by atoms with Crippen LogP contribution in [0.3, 0.4) is 0 Å². The first-order valence-electron chi connectivity index (χ1n) is 4.14. The molecule has 0 unspecified atom stereocenters. The van der Waals surface area contributed by atoms with E-state index in [-0.39, 0.29) is 6.61 Å². The molecule has 1 rings (SSSR count). The van der Waals surface area contributed by atoms with Gasteiger partial charge in [-0.3, -0.25) is 0 Å². The van der Waals surface area contributed by atoms with Crippen molar-refractivity contribution in [1.29, 1.82) is 0 Å². The molecule has 1 aromatic carbocycles. The molecule has 0 fully saturated rings. The Balaban J connectivity index is 3.28. The molecule has 0 heterocycles. The van der Waals surface area contributed by atoms with E-state index in [1.807, 2.05) is 19.1 Å². The van der Waals surface area contributed by atoms with Crippen LogP contribution < -0.4 is 5.73 Å². The van der Waals surface area contributed by atoms with E-state index in [0.29, 0.717) is 5.02 Å². The fourth-order valence-electron chi connectivity index (χ4n) is 1.43. The SMILES string of the molecule is Cc1cccc(Cl)c1[C@](C)(N)CO. The number of nitrogens with two attached hydrogens (primary N) is 1. The molecular weight excluding hydrogens is 186 g/mol. The first-order valence-corrected chi connectivity index (χ1v) is 4.52. The van der Waals surface area contributed by atoms with Gasteiger partial charge in [0.15, 0.2) is 0 Å². The second-order valence-corrected chi connectivity index (χ2v) is 3.91. The average Bonchev–Trinajstić information content (AvgIpc) is 2.03. The summed E-state index contributed by atoms with van der Waals surface area (Å²) in [4.78, 5) is 0. The molecule has 1 aromatic rings. The highest BCUT2D eigenvalue weighted by Gasteiger charge is 2.24. The second kappa shape index (κ2) is 3.66. The molecule has 3 heteroatoms. The molecule has 0 aliphatic carbocycles. The van der Waals surface area contributed by atoms with Crippen molar-refractivity contribution in [3.63, 3.8) is 0 Å². The van der Waals surface area contributed by atoms with Crippen LogP contribution in [0.5, 0.6) is 0 Å². The Bertz CT molecular complexity index is 290. The summed E-state index contributed by atoms with van der Waals surface area (Å²) in [5, 5.41) is 9.72. The molecule has 0 saturated heterocycles. The molecule has 0 aliphatic heterocycles. The Labute approximate surface area is 83.3 Å². The van der Waals surface area contributed by atoms with Gasteiger partial charge in [-0.15, -0.1) is 0 Å². The fraction of sp³-hybridized carbons (Fsp3) is 0.400. The van der Waals surface area contributed by atoms with Crippen molar-refractivity contribution in [1.82, 2.24) is 0 Å². The van der Waals surface area contributed by atoms with Crippen molar-refractivity contribution >= 4 is 11.6 Å². The number of halogens is 1. The minimum atomic E-state index is -0.761. The third-order valence-corrected chi connectivity index (χ3v) is 2.44. The van der Waals surface area contributed by atoms with E-state index in [2.05, 4.69) is 0 Å². The quantitative estimate of drug-likeness (QED) is 0.763. The molecule has 0 radical (unpaired) electrons. The van der Waals surface area contributed by atoms with Gasteiger partial charge in [-0.1, -0.05) is 23.7 Å². The number of hydrogen-bond acceptors (Lipinski definition) is 2. The van der Waals surface area contributed by atoms with Crippen molar-refractivity contribution < 1.29 is 5.11 Å². The van der Waals surface area contributed by atoms with Gasteiger partial charge in [0.05, 0.1) is 12.1 Å². The maximum atomic E-state index is 9.11. The Morgan fingerprint density at radius 2 is 2.15 bits per heavy atom. The molecule has 0 aromatic heterocycles. The molecule has 0 saturated carbocycles. The van der Waals surface area contributed by atoms with Gasteiger partial charge in [-0.25, -0.2) is 0 Å². The van der Waals surface area contributed by atoms with Crippen molar-refractivity contribution in [3.05, 3.63) is 34.3 Å². The highest BCUT2D eigenvalue weighted by Crippen LogP contribution is 2.28. The minimum Gasteiger partial charge on any atom is -0.394 e. The van der Waals surface area contributed by atoms with E-state index in [1.165, 1.54) is 0 Å². The predicted molar refractivity (Wildman–Crippen MR) is 54.8 cm³/mol. The number of hydrogen-bond donors (Lipinski definition) is 2. The summed E-state index contributed by atoms with van der Waals surface area (Å²) in [6.45, 7) is 3.58. The lowest BCUT2D eigenvalue weighted by Crippen LogP contribution is -2.38. The normalized spacial score (nSPS) is 15.5. The van der Waals surface area contributed by atoms with Gasteiger partial charge in [0.1, 0.15) is 0 Å². The number of aryl methyl sites for hydroxylation is 1. The molecule has 2 nitrogen and oxygen atoms in total. The molecule has 72 valence electrons. The lowest BCUT2D eigenvalue weighted by Gasteiger charge is -2.25. The van der Waals surface area contributed by atoms with Gasteiger partial charge in [-0.2, -0.15) is 0 Å². The number of rotatable bonds is 2. The maximum absolute atomic E-state index is 9.11. The summed E-state index contributed by atoms with van der Waals surface area (Å²) in [6.07, 6.45) is 0. The van der Waals surface area contributed by atoms with Crippen molar-refractivity contribution in [2.24, 2.45) is 5.73 Å². The third-order valence-electron chi connectivity index (χ3n) is 2.12. The van der Waals surface area contributed by atoms with Crippen LogP contribution in [0.2, 0.25) is 5.02 Å². The molecule has 0 bridgehead atoms. The zero-order valence-electron chi connectivity index (χ0n) is 7.84. The molecule has 0 aliphatic rings. The number of aliphatic hydroxyl groups excluding tert-OH is 1. The van der Waals surface area contributed by atoms with Crippen LogP contribution in [0.1, 0.15) is 18.1 Å². The maximum Gasteiger partial charge on any atom is 0.0651 e. The first-order chi connectivity index (χ1) is 5.99. The first kappa shape index (κ1) is 10.5. The standard InChI is InChI=1S/C10H14ClNO/c1-7-4-3-5-8(11)9(7)10(2,12)6-13/h3-5,13H,6,12H2,1-2H3/t10-/m1/s1. The lowest BCUT2D eigenvalue weighted by atomic mass is 9.90. The third kappa shape index (κ3) is 2.02. The highest BCUT2D eigenvalue weighted by molar-refractivity contribution is 6.31. The predicted octanol–water partition coefficient (Wildman–Crippen LogP) is 1.81. The topological polar surface area (TPSA) is 46.2 Å². The monoisotopic (exact) mass is 199 g/mol. The van der Waals surface area contributed by atoms with Gasteiger partial charge < -0.3 is 10.8 Å². The average molecular weight is 200 g/mol. The largest absolute Gasteiger partial charge is 0.394 e. The van der Waals surface area contributed by atoms with Crippen LogP contribution in [-0.2, 0) is 5.54 Å². The van der Waals surface area contributed by atoms with Crippen LogP contribution >= 0.6 is 11.6 Å². The van der Waals surface area contributed by atoms with Gasteiger partial charge >= 0.3 is 0 Å². The van der Waals surface area contributed by atoms with Crippen molar-refractivity contribution in [3.8, 4) is 0 Å². The van der Waals surface area contributed by atoms with Gasteiger partial charge in [0, 0.05) is 5.02 Å². The molecule has 3 N–H and O–H groups in total. The Morgan fingerprint density at radius 3 is 2.62 bits per heavy atom. The van der Waals surface area contributed by atoms with Crippen LogP contribution in [0.25, 0.3) is 0 Å². The van der Waals surface area contributed by atoms with Gasteiger partial charge in [0.2, 0.25) is 0 Å². The summed E-state index contributed by atoms with van der Waals surface area (Å²) in [7, 11) is 0. The molecule has 0 amide bonds. The Kier molecular flexibility index (Phi) is 2.96. The van der Waals surface area contributed by atoms with E-state index in [4.69, 9.17) is 22.4 Å². The van der Waals surface area contributed by atoms with Crippen molar-refractivity contribution in [2.45, 2.75) is 19.4 Å². The molecule has 13 heavy (non-hydrogen) atoms. The van der Waals surface area contributed by atoms with E-state index in [1.54, 1.807) is 13.0 Å². The minimum absolute atomic E-state index is 0.114. The Morgan fingerprint density at radius 1 is 1.54 bits per heavy atom. The van der Waals surface area contributed by atoms with Crippen LogP contribution in [0, 0.1) is 6.92 Å².